The normalized spacial score (nSPS) is 17.9. The number of nitrogens with two attached hydrogens (primary N) is 1. The molecule has 0 unspecified atom stereocenters. The van der Waals surface area contributed by atoms with Gasteiger partial charge in [-0.25, -0.2) is 4.68 Å². The van der Waals surface area contributed by atoms with Gasteiger partial charge in [0, 0.05) is 30.7 Å². The maximum atomic E-state index is 10.4. The second kappa shape index (κ2) is 9.99. The summed E-state index contributed by atoms with van der Waals surface area (Å²) in [5, 5.41) is 23.0. The average Bonchev–Trinajstić information content (AvgIpc) is 3.13. The number of tetrazole rings is 1. The summed E-state index contributed by atoms with van der Waals surface area (Å²) in [6.07, 6.45) is 11.2. The highest BCUT2D eigenvalue weighted by Crippen LogP contribution is 2.28. The van der Waals surface area contributed by atoms with Crippen LogP contribution < -0.4 is 5.73 Å². The Bertz CT molecular complexity index is 646. The second-order valence-corrected chi connectivity index (χ2v) is 8.06. The highest BCUT2D eigenvalue weighted by atomic mass is 32.2. The third-order valence-electron chi connectivity index (χ3n) is 5.07. The molecule has 8 heteroatoms. The molecule has 2 aromatic rings. The Morgan fingerprint density at radius 1 is 1.23 bits per heavy atom. The van der Waals surface area contributed by atoms with Crippen LogP contribution >= 0.6 is 11.8 Å². The summed E-state index contributed by atoms with van der Waals surface area (Å²) in [5.41, 5.74) is 7.43. The van der Waals surface area contributed by atoms with Crippen LogP contribution in [0.5, 0.6) is 0 Å². The van der Waals surface area contributed by atoms with E-state index in [1.807, 2.05) is 12.1 Å². The molecule has 0 aliphatic heterocycles. The summed E-state index contributed by atoms with van der Waals surface area (Å²) >= 11 is 1.47. The molecule has 1 fully saturated rings. The lowest BCUT2D eigenvalue weighted by atomic mass is 9.84. The Morgan fingerprint density at radius 2 is 2.00 bits per heavy atom. The van der Waals surface area contributed by atoms with Crippen molar-refractivity contribution in [1.82, 2.24) is 25.2 Å². The van der Waals surface area contributed by atoms with Crippen LogP contribution in [0.1, 0.15) is 44.1 Å². The van der Waals surface area contributed by atoms with Gasteiger partial charge in [0.05, 0.1) is 6.10 Å². The number of nitrogens with zero attached hydrogens (tertiary/aromatic N) is 5. The van der Waals surface area contributed by atoms with Gasteiger partial charge in [-0.05, 0) is 46.9 Å². The van der Waals surface area contributed by atoms with Crippen LogP contribution in [0.3, 0.4) is 0 Å². The third kappa shape index (κ3) is 5.75. The van der Waals surface area contributed by atoms with Gasteiger partial charge in [0.15, 0.2) is 0 Å². The van der Waals surface area contributed by atoms with Crippen molar-refractivity contribution >= 4 is 11.8 Å². The molecule has 0 amide bonds. The third-order valence-corrected chi connectivity index (χ3v) is 6.13. The predicted molar refractivity (Wildman–Crippen MR) is 102 cm³/mol. The maximum Gasteiger partial charge on any atom is 0.209 e. The van der Waals surface area contributed by atoms with Gasteiger partial charge in [-0.2, -0.15) is 0 Å². The minimum Gasteiger partial charge on any atom is -0.391 e. The summed E-state index contributed by atoms with van der Waals surface area (Å²) in [4.78, 5) is 4.02. The minimum absolute atomic E-state index is 0.174. The van der Waals surface area contributed by atoms with Gasteiger partial charge in [-0.1, -0.05) is 43.9 Å². The van der Waals surface area contributed by atoms with Crippen molar-refractivity contribution in [2.24, 2.45) is 11.7 Å². The zero-order valence-electron chi connectivity index (χ0n) is 15.1. The first-order chi connectivity index (χ1) is 12.7. The fourth-order valence-electron chi connectivity index (χ4n) is 3.47. The molecule has 0 saturated heterocycles. The molecule has 3 N–H and O–H groups in total. The van der Waals surface area contributed by atoms with Crippen molar-refractivity contribution in [1.29, 1.82) is 0 Å². The standard InChI is InChI=1S/C18H28N6OS/c19-16(12-15-4-2-1-3-5-15)17(25)13-26-18-21-22-23-24(18)11-8-14-6-9-20-10-7-14/h6-7,9-10,15-17,25H,1-5,8,11-13,19H2/t16-,17-/m0/s1. The lowest BCUT2D eigenvalue weighted by molar-refractivity contribution is 0.147. The van der Waals surface area contributed by atoms with Gasteiger partial charge in [-0.15, -0.1) is 5.10 Å². The number of thioether (sulfide) groups is 1. The Labute approximate surface area is 158 Å². The van der Waals surface area contributed by atoms with E-state index in [-0.39, 0.29) is 6.04 Å². The van der Waals surface area contributed by atoms with E-state index in [1.165, 1.54) is 49.4 Å². The Morgan fingerprint density at radius 3 is 2.77 bits per heavy atom. The van der Waals surface area contributed by atoms with Gasteiger partial charge in [-0.3, -0.25) is 4.98 Å². The molecule has 0 spiro atoms. The molecule has 0 aromatic carbocycles. The Balaban J connectivity index is 1.44. The first kappa shape index (κ1) is 19.3. The fraction of sp³-hybridized carbons (Fsp3) is 0.667. The van der Waals surface area contributed by atoms with Crippen LogP contribution in [0, 0.1) is 5.92 Å². The van der Waals surface area contributed by atoms with Gasteiger partial charge >= 0.3 is 0 Å². The topological polar surface area (TPSA) is 103 Å². The molecule has 0 bridgehead atoms. The second-order valence-electron chi connectivity index (χ2n) is 7.07. The van der Waals surface area contributed by atoms with Gasteiger partial charge in [0.2, 0.25) is 5.16 Å². The van der Waals surface area contributed by atoms with Crippen molar-refractivity contribution in [3.05, 3.63) is 30.1 Å². The number of aliphatic hydroxyl groups is 1. The van der Waals surface area contributed by atoms with E-state index in [9.17, 15) is 5.11 Å². The Hall–Kier alpha value is -1.51. The molecular formula is C18H28N6OS. The van der Waals surface area contributed by atoms with Crippen LogP contribution in [0.2, 0.25) is 0 Å². The van der Waals surface area contributed by atoms with Crippen LogP contribution in [-0.2, 0) is 13.0 Å². The van der Waals surface area contributed by atoms with Gasteiger partial charge in [0.25, 0.3) is 0 Å². The molecule has 2 aromatic heterocycles. The van der Waals surface area contributed by atoms with Crippen LogP contribution in [0.4, 0.5) is 0 Å². The summed E-state index contributed by atoms with van der Waals surface area (Å²) in [5.74, 6) is 1.19. The van der Waals surface area contributed by atoms with E-state index >= 15 is 0 Å². The zero-order chi connectivity index (χ0) is 18.2. The molecular weight excluding hydrogens is 348 g/mol. The van der Waals surface area contributed by atoms with E-state index in [0.717, 1.165) is 18.0 Å². The van der Waals surface area contributed by atoms with Crippen LogP contribution in [0.15, 0.2) is 29.7 Å². The Kier molecular flexibility index (Phi) is 7.40. The van der Waals surface area contributed by atoms with Crippen molar-refractivity contribution in [3.63, 3.8) is 0 Å². The monoisotopic (exact) mass is 376 g/mol. The molecule has 2 heterocycles. The van der Waals surface area contributed by atoms with Crippen molar-refractivity contribution in [2.45, 2.75) is 68.8 Å². The molecule has 0 radical (unpaired) electrons. The lowest BCUT2D eigenvalue weighted by Crippen LogP contribution is -2.38. The molecule has 1 aliphatic carbocycles. The minimum atomic E-state index is -0.535. The number of hydrogen-bond acceptors (Lipinski definition) is 7. The first-order valence-corrected chi connectivity index (χ1v) is 10.4. The summed E-state index contributed by atoms with van der Waals surface area (Å²) < 4.78 is 1.78. The summed E-state index contributed by atoms with van der Waals surface area (Å²) in [6.45, 7) is 0.698. The smallest absolute Gasteiger partial charge is 0.209 e. The number of rotatable bonds is 9. The number of aromatic nitrogens is 5. The molecule has 26 heavy (non-hydrogen) atoms. The van der Waals surface area contributed by atoms with Crippen molar-refractivity contribution in [2.75, 3.05) is 5.75 Å². The molecule has 3 rings (SSSR count). The molecule has 7 nitrogen and oxygen atoms in total. The predicted octanol–water partition coefficient (Wildman–Crippen LogP) is 2.06. The quantitative estimate of drug-likeness (QED) is 0.646. The number of aliphatic hydroxyl groups excluding tert-OH is 1. The van der Waals surface area contributed by atoms with Crippen molar-refractivity contribution in [3.8, 4) is 0 Å². The molecule has 2 atom stereocenters. The number of hydrogen-bond donors (Lipinski definition) is 2. The fourth-order valence-corrected chi connectivity index (χ4v) is 4.41. The largest absolute Gasteiger partial charge is 0.391 e. The van der Waals surface area contributed by atoms with Crippen LogP contribution in [-0.4, -0.2) is 48.2 Å². The van der Waals surface area contributed by atoms with Gasteiger partial charge in [0.1, 0.15) is 0 Å². The highest BCUT2D eigenvalue weighted by Gasteiger charge is 2.22. The number of pyridine rings is 1. The molecule has 142 valence electrons. The summed E-state index contributed by atoms with van der Waals surface area (Å²) in [6, 6.07) is 3.81. The van der Waals surface area contributed by atoms with E-state index in [4.69, 9.17) is 5.73 Å². The van der Waals surface area contributed by atoms with Crippen LogP contribution in [0.25, 0.3) is 0 Å². The average molecular weight is 377 g/mol. The van der Waals surface area contributed by atoms with E-state index in [1.54, 1.807) is 17.1 Å². The lowest BCUT2D eigenvalue weighted by Gasteiger charge is -2.26. The SMILES string of the molecule is N[C@@H](CC1CCCCC1)[C@@H](O)CSc1nnnn1CCc1ccncc1. The molecule has 1 aliphatic rings. The highest BCUT2D eigenvalue weighted by molar-refractivity contribution is 7.99. The van der Waals surface area contributed by atoms with Crippen molar-refractivity contribution < 1.29 is 5.11 Å². The zero-order valence-corrected chi connectivity index (χ0v) is 15.9. The maximum absolute atomic E-state index is 10.4. The van der Waals surface area contributed by atoms with E-state index < -0.39 is 6.10 Å². The van der Waals surface area contributed by atoms with Gasteiger partial charge < -0.3 is 10.8 Å². The number of aryl methyl sites for hydroxylation is 2. The van der Waals surface area contributed by atoms with E-state index in [0.29, 0.717) is 18.2 Å². The molecule has 1 saturated carbocycles. The first-order valence-electron chi connectivity index (χ1n) is 9.44. The van der Waals surface area contributed by atoms with E-state index in [2.05, 4.69) is 20.5 Å². The summed E-state index contributed by atoms with van der Waals surface area (Å²) in [7, 11) is 0.